The van der Waals surface area contributed by atoms with Crippen LogP contribution < -0.4 is 4.90 Å². The quantitative estimate of drug-likeness (QED) is 0.771. The minimum atomic E-state index is -0.520. The number of likely N-dealkylation sites (tertiary alicyclic amines) is 1. The third-order valence-electron chi connectivity index (χ3n) is 5.75. The zero-order valence-electron chi connectivity index (χ0n) is 17.2. The second kappa shape index (κ2) is 8.51. The van der Waals surface area contributed by atoms with Gasteiger partial charge in [0.25, 0.3) is 6.47 Å². The number of rotatable bonds is 4. The smallest absolute Gasteiger partial charge is 0.290 e. The normalized spacial score (nSPS) is 18.3. The van der Waals surface area contributed by atoms with Crippen LogP contribution in [-0.4, -0.2) is 53.4 Å². The van der Waals surface area contributed by atoms with E-state index in [0.717, 1.165) is 38.4 Å². The third-order valence-corrected chi connectivity index (χ3v) is 5.75. The lowest BCUT2D eigenvalue weighted by molar-refractivity contribution is -0.122. The average molecular weight is 400 g/mol. The maximum absolute atomic E-state index is 13.4. The molecule has 2 N–H and O–H groups in total. The maximum Gasteiger partial charge on any atom is 0.290 e. The molecule has 0 radical (unpaired) electrons. The molecule has 0 aliphatic carbocycles. The van der Waals surface area contributed by atoms with Gasteiger partial charge in [-0.15, -0.1) is 0 Å². The van der Waals surface area contributed by atoms with Crippen molar-refractivity contribution in [2.45, 2.75) is 38.8 Å². The number of aliphatic hydroxyl groups is 1. The van der Waals surface area contributed by atoms with Crippen molar-refractivity contribution < 1.29 is 19.4 Å². The van der Waals surface area contributed by atoms with Crippen LogP contribution in [0.3, 0.4) is 0 Å². The molecule has 0 amide bonds. The van der Waals surface area contributed by atoms with Crippen molar-refractivity contribution in [3.63, 3.8) is 0 Å². The lowest BCUT2D eigenvalue weighted by atomic mass is 9.86. The van der Waals surface area contributed by atoms with Crippen molar-refractivity contribution >= 4 is 12.2 Å². The number of β-amino-alcohol motifs (C(OH)–C–C–N with tert-alkyl or cyclic N) is 1. The molecule has 0 unspecified atom stereocenters. The maximum atomic E-state index is 13.4. The molecule has 2 aromatic carbocycles. The number of halogens is 1. The molecular weight excluding hydrogens is 371 g/mol. The van der Waals surface area contributed by atoms with Crippen LogP contribution in [-0.2, 0) is 11.3 Å². The molecule has 6 heteroatoms. The van der Waals surface area contributed by atoms with Gasteiger partial charge < -0.3 is 15.1 Å². The van der Waals surface area contributed by atoms with E-state index in [9.17, 15) is 9.50 Å². The fourth-order valence-corrected chi connectivity index (χ4v) is 4.34. The zero-order chi connectivity index (χ0) is 21.2. The molecule has 2 aliphatic rings. The third kappa shape index (κ3) is 4.95. The molecule has 4 rings (SSSR count). The van der Waals surface area contributed by atoms with Crippen molar-refractivity contribution in [1.82, 2.24) is 4.90 Å². The van der Waals surface area contributed by atoms with Gasteiger partial charge in [-0.25, -0.2) is 4.39 Å². The molecule has 2 heterocycles. The SMILES string of the molecule is Cc1cc(C2CN(c3cccc(F)c3)C2)cc(C)c1CN1CC(C)(O)C1.O=CO. The Morgan fingerprint density at radius 2 is 1.76 bits per heavy atom. The standard InChI is InChI=1S/C22H27FN2O.CH2O2/c1-15-7-17(8-16(2)21(15)12-24-13-22(3,26)14-24)18-10-25(11-18)20-6-4-5-19(23)9-20;2-1-3/h4-9,18,26H,10-14H2,1-3H3;1H,(H,2,3). The van der Waals surface area contributed by atoms with E-state index in [1.54, 1.807) is 12.1 Å². The summed E-state index contributed by atoms with van der Waals surface area (Å²) in [6, 6.07) is 11.5. The number of benzene rings is 2. The average Bonchev–Trinajstić information content (AvgIpc) is 2.56. The molecule has 0 spiro atoms. The van der Waals surface area contributed by atoms with Crippen LogP contribution >= 0.6 is 0 Å². The molecule has 0 atom stereocenters. The second-order valence-corrected chi connectivity index (χ2v) is 8.46. The highest BCUT2D eigenvalue weighted by Gasteiger charge is 2.36. The summed E-state index contributed by atoms with van der Waals surface area (Å²) in [6.45, 7) is 10.3. The number of carboxylic acid groups (broad SMARTS) is 1. The number of hydrogen-bond acceptors (Lipinski definition) is 4. The van der Waals surface area contributed by atoms with Crippen molar-refractivity contribution in [2.24, 2.45) is 0 Å². The first-order chi connectivity index (χ1) is 13.7. The monoisotopic (exact) mass is 400 g/mol. The van der Waals surface area contributed by atoms with Gasteiger partial charge in [0.2, 0.25) is 0 Å². The molecular formula is C23H29FN2O3. The molecule has 0 aromatic heterocycles. The Hall–Kier alpha value is -2.44. The topological polar surface area (TPSA) is 64.0 Å². The minimum absolute atomic E-state index is 0.174. The van der Waals surface area contributed by atoms with Crippen LogP contribution in [0.4, 0.5) is 10.1 Å². The van der Waals surface area contributed by atoms with E-state index in [1.165, 1.54) is 28.3 Å². The van der Waals surface area contributed by atoms with E-state index in [0.29, 0.717) is 5.92 Å². The Labute approximate surface area is 171 Å². The van der Waals surface area contributed by atoms with Crippen LogP contribution in [0.5, 0.6) is 0 Å². The fourth-order valence-electron chi connectivity index (χ4n) is 4.34. The van der Waals surface area contributed by atoms with Crippen LogP contribution in [0.15, 0.2) is 36.4 Å². The van der Waals surface area contributed by atoms with Crippen molar-refractivity contribution in [3.8, 4) is 0 Å². The molecule has 2 saturated heterocycles. The van der Waals surface area contributed by atoms with Gasteiger partial charge in [-0.05, 0) is 61.2 Å². The van der Waals surface area contributed by atoms with E-state index < -0.39 is 5.60 Å². The predicted octanol–water partition coefficient (Wildman–Crippen LogP) is 3.31. The first kappa shape index (κ1) is 21.3. The fraction of sp³-hybridized carbons (Fsp3) is 0.435. The highest BCUT2D eigenvalue weighted by atomic mass is 19.1. The van der Waals surface area contributed by atoms with Gasteiger partial charge in [-0.2, -0.15) is 0 Å². The van der Waals surface area contributed by atoms with Gasteiger partial charge in [-0.3, -0.25) is 9.69 Å². The summed E-state index contributed by atoms with van der Waals surface area (Å²) in [5.74, 6) is 0.335. The zero-order valence-corrected chi connectivity index (χ0v) is 17.2. The largest absolute Gasteiger partial charge is 0.483 e. The lowest BCUT2D eigenvalue weighted by Gasteiger charge is -2.45. The van der Waals surface area contributed by atoms with Crippen molar-refractivity contribution in [3.05, 3.63) is 64.5 Å². The van der Waals surface area contributed by atoms with Gasteiger partial charge >= 0.3 is 0 Å². The highest BCUT2D eigenvalue weighted by molar-refractivity contribution is 5.52. The number of aryl methyl sites for hydroxylation is 2. The van der Waals surface area contributed by atoms with E-state index in [4.69, 9.17) is 9.90 Å². The molecule has 29 heavy (non-hydrogen) atoms. The summed E-state index contributed by atoms with van der Waals surface area (Å²) >= 11 is 0. The van der Waals surface area contributed by atoms with Gasteiger partial charge in [0.1, 0.15) is 5.82 Å². The number of carbonyl (C=O) groups is 1. The Morgan fingerprint density at radius 3 is 2.28 bits per heavy atom. The van der Waals surface area contributed by atoms with Gasteiger partial charge in [0.05, 0.1) is 5.60 Å². The van der Waals surface area contributed by atoms with Crippen LogP contribution in [0.2, 0.25) is 0 Å². The minimum Gasteiger partial charge on any atom is -0.483 e. The number of nitrogens with zero attached hydrogens (tertiary/aromatic N) is 2. The highest BCUT2D eigenvalue weighted by Crippen LogP contribution is 2.34. The van der Waals surface area contributed by atoms with Gasteiger partial charge in [0, 0.05) is 44.3 Å². The molecule has 156 valence electrons. The van der Waals surface area contributed by atoms with Crippen LogP contribution in [0, 0.1) is 19.7 Å². The lowest BCUT2D eigenvalue weighted by Crippen LogP contribution is -2.59. The summed E-state index contributed by atoms with van der Waals surface area (Å²) in [7, 11) is 0. The summed E-state index contributed by atoms with van der Waals surface area (Å²) in [6.07, 6.45) is 0. The Kier molecular flexibility index (Phi) is 6.24. The molecule has 0 bridgehead atoms. The second-order valence-electron chi connectivity index (χ2n) is 8.46. The first-order valence-electron chi connectivity index (χ1n) is 9.85. The molecule has 2 aromatic rings. The van der Waals surface area contributed by atoms with E-state index in [1.807, 2.05) is 13.0 Å². The first-order valence-corrected chi connectivity index (χ1v) is 9.85. The van der Waals surface area contributed by atoms with E-state index in [2.05, 4.69) is 35.8 Å². The number of hydrogen-bond donors (Lipinski definition) is 2. The van der Waals surface area contributed by atoms with Crippen molar-refractivity contribution in [1.29, 1.82) is 0 Å². The summed E-state index contributed by atoms with van der Waals surface area (Å²) in [5.41, 5.74) is 5.87. The Balaban J connectivity index is 0.000000755. The van der Waals surface area contributed by atoms with Gasteiger partial charge in [-0.1, -0.05) is 18.2 Å². The van der Waals surface area contributed by atoms with Gasteiger partial charge in [0.15, 0.2) is 0 Å². The molecule has 0 saturated carbocycles. The molecule has 2 fully saturated rings. The summed E-state index contributed by atoms with van der Waals surface area (Å²) in [5, 5.41) is 16.8. The molecule has 2 aliphatic heterocycles. The van der Waals surface area contributed by atoms with Crippen LogP contribution in [0.25, 0.3) is 0 Å². The summed E-state index contributed by atoms with van der Waals surface area (Å²) < 4.78 is 13.4. The predicted molar refractivity (Wildman–Crippen MR) is 112 cm³/mol. The summed E-state index contributed by atoms with van der Waals surface area (Å²) in [4.78, 5) is 12.9. The Bertz CT molecular complexity index is 847. The molecule has 5 nitrogen and oxygen atoms in total. The van der Waals surface area contributed by atoms with E-state index in [-0.39, 0.29) is 12.3 Å². The van der Waals surface area contributed by atoms with E-state index >= 15 is 0 Å². The van der Waals surface area contributed by atoms with Crippen LogP contribution in [0.1, 0.15) is 35.1 Å². The van der Waals surface area contributed by atoms with Crippen molar-refractivity contribution in [2.75, 3.05) is 31.1 Å². The Morgan fingerprint density at radius 1 is 1.17 bits per heavy atom. The number of anilines is 1.